The van der Waals surface area contributed by atoms with Crippen LogP contribution in [0.4, 0.5) is 0 Å². The quantitative estimate of drug-likeness (QED) is 0.588. The minimum Gasteiger partial charge on any atom is -0.465 e. The van der Waals surface area contributed by atoms with Gasteiger partial charge >= 0.3 is 5.97 Å². The first-order chi connectivity index (χ1) is 12.7. The van der Waals surface area contributed by atoms with Gasteiger partial charge in [0, 0.05) is 17.3 Å². The summed E-state index contributed by atoms with van der Waals surface area (Å²) in [5.41, 5.74) is 3.60. The van der Waals surface area contributed by atoms with Gasteiger partial charge in [0.2, 0.25) is 0 Å². The Morgan fingerprint density at radius 1 is 1.27 bits per heavy atom. The number of hydrogen-bond acceptors (Lipinski definition) is 4. The molecule has 1 aromatic carbocycles. The number of carbonyl (C=O) groups excluding carboxylic acids is 1. The highest BCUT2D eigenvalue weighted by atomic mass is 32.1. The molecule has 3 aromatic rings. The van der Waals surface area contributed by atoms with E-state index in [0.29, 0.717) is 11.6 Å². The molecule has 0 atom stereocenters. The molecule has 5 heteroatoms. The van der Waals surface area contributed by atoms with Gasteiger partial charge in [0.05, 0.1) is 23.7 Å². The van der Waals surface area contributed by atoms with Crippen LogP contribution < -0.4 is 0 Å². The molecule has 0 saturated heterocycles. The van der Waals surface area contributed by atoms with E-state index in [1.807, 2.05) is 19.1 Å². The first-order valence-electron chi connectivity index (χ1n) is 9.30. The smallest absolute Gasteiger partial charge is 0.338 e. The number of carbonyl (C=O) groups is 1. The van der Waals surface area contributed by atoms with Crippen LogP contribution in [-0.4, -0.2) is 22.6 Å². The Bertz CT molecular complexity index is 921. The van der Waals surface area contributed by atoms with Gasteiger partial charge in [0.15, 0.2) is 0 Å². The van der Waals surface area contributed by atoms with Crippen molar-refractivity contribution in [1.29, 1.82) is 0 Å². The van der Waals surface area contributed by atoms with Gasteiger partial charge in [-0.15, -0.1) is 11.3 Å². The summed E-state index contributed by atoms with van der Waals surface area (Å²) in [6, 6.07) is 8.70. The molecule has 1 saturated carbocycles. The number of nitrogens with zero attached hydrogens (tertiary/aromatic N) is 2. The maximum Gasteiger partial charge on any atom is 0.338 e. The third-order valence-corrected chi connectivity index (χ3v) is 6.32. The standard InChI is InChI=1S/C21H24N2O2S/c1-14-17(21(24)25-2)10-11-18-20(14)22-19(13-16-9-6-12-26-16)23(18)15-7-4-3-5-8-15/h6,9-12,15H,3-5,7-8,13H2,1-2H3. The van der Waals surface area contributed by atoms with E-state index in [4.69, 9.17) is 9.72 Å². The summed E-state index contributed by atoms with van der Waals surface area (Å²) in [7, 11) is 1.43. The first-order valence-corrected chi connectivity index (χ1v) is 10.2. The molecule has 1 aliphatic rings. The average molecular weight is 369 g/mol. The first kappa shape index (κ1) is 17.3. The van der Waals surface area contributed by atoms with E-state index >= 15 is 0 Å². The summed E-state index contributed by atoms with van der Waals surface area (Å²) < 4.78 is 7.38. The number of fused-ring (bicyclic) bond motifs is 1. The summed E-state index contributed by atoms with van der Waals surface area (Å²) in [6.45, 7) is 1.97. The third kappa shape index (κ3) is 3.05. The Hall–Kier alpha value is -2.14. The lowest BCUT2D eigenvalue weighted by atomic mass is 9.95. The van der Waals surface area contributed by atoms with E-state index in [1.54, 1.807) is 11.3 Å². The van der Waals surface area contributed by atoms with Gasteiger partial charge in [-0.25, -0.2) is 9.78 Å². The second-order valence-electron chi connectivity index (χ2n) is 7.04. The van der Waals surface area contributed by atoms with Crippen molar-refractivity contribution in [2.45, 2.75) is 51.5 Å². The molecule has 0 aliphatic heterocycles. The Morgan fingerprint density at radius 2 is 2.08 bits per heavy atom. The largest absolute Gasteiger partial charge is 0.465 e. The van der Waals surface area contributed by atoms with Crippen LogP contribution in [0.15, 0.2) is 29.6 Å². The molecule has 136 valence electrons. The van der Waals surface area contributed by atoms with Gasteiger partial charge in [-0.05, 0) is 48.9 Å². The molecule has 0 unspecified atom stereocenters. The maximum absolute atomic E-state index is 12.1. The maximum atomic E-state index is 12.1. The van der Waals surface area contributed by atoms with Crippen LogP contribution in [0.1, 0.15) is 64.8 Å². The predicted octanol–water partition coefficient (Wildman–Crippen LogP) is 5.29. The number of imidazole rings is 1. The number of esters is 1. The van der Waals surface area contributed by atoms with Crippen LogP contribution in [0.5, 0.6) is 0 Å². The number of ether oxygens (including phenoxy) is 1. The molecule has 0 N–H and O–H groups in total. The summed E-state index contributed by atoms with van der Waals surface area (Å²) in [4.78, 5) is 18.4. The van der Waals surface area contributed by atoms with Gasteiger partial charge in [0.25, 0.3) is 0 Å². The Kier molecular flexibility index (Phi) is 4.81. The Balaban J connectivity index is 1.86. The molecule has 0 bridgehead atoms. The SMILES string of the molecule is COC(=O)c1ccc2c(nc(Cc3cccs3)n2C2CCCCC2)c1C. The molecule has 2 heterocycles. The lowest BCUT2D eigenvalue weighted by Gasteiger charge is -2.25. The van der Waals surface area contributed by atoms with Crippen LogP contribution in [-0.2, 0) is 11.2 Å². The van der Waals surface area contributed by atoms with Crippen LogP contribution in [0, 0.1) is 6.92 Å². The number of hydrogen-bond donors (Lipinski definition) is 0. The van der Waals surface area contributed by atoms with Gasteiger partial charge in [-0.2, -0.15) is 0 Å². The van der Waals surface area contributed by atoms with Crippen molar-refractivity contribution in [3.63, 3.8) is 0 Å². The third-order valence-electron chi connectivity index (χ3n) is 5.45. The van der Waals surface area contributed by atoms with E-state index in [0.717, 1.165) is 28.8 Å². The topological polar surface area (TPSA) is 44.1 Å². The number of methoxy groups -OCH3 is 1. The minimum atomic E-state index is -0.295. The molecular formula is C21H24N2O2S. The van der Waals surface area contributed by atoms with Crippen molar-refractivity contribution >= 4 is 28.3 Å². The van der Waals surface area contributed by atoms with Gasteiger partial charge in [0.1, 0.15) is 5.82 Å². The summed E-state index contributed by atoms with van der Waals surface area (Å²) in [6.07, 6.45) is 7.15. The van der Waals surface area contributed by atoms with E-state index in [9.17, 15) is 4.79 Å². The summed E-state index contributed by atoms with van der Waals surface area (Å²) in [5.74, 6) is 0.816. The Morgan fingerprint density at radius 3 is 2.77 bits per heavy atom. The second-order valence-corrected chi connectivity index (χ2v) is 8.08. The molecule has 1 aliphatic carbocycles. The molecule has 4 rings (SSSR count). The fourth-order valence-corrected chi connectivity index (χ4v) is 4.82. The monoisotopic (exact) mass is 368 g/mol. The fraction of sp³-hybridized carbons (Fsp3) is 0.429. The number of aromatic nitrogens is 2. The van der Waals surface area contributed by atoms with Crippen molar-refractivity contribution in [2.24, 2.45) is 0 Å². The van der Waals surface area contributed by atoms with E-state index in [-0.39, 0.29) is 5.97 Å². The highest BCUT2D eigenvalue weighted by Gasteiger charge is 2.24. The minimum absolute atomic E-state index is 0.295. The number of aryl methyl sites for hydroxylation is 1. The van der Waals surface area contributed by atoms with Crippen molar-refractivity contribution < 1.29 is 9.53 Å². The van der Waals surface area contributed by atoms with E-state index in [2.05, 4.69) is 22.1 Å². The van der Waals surface area contributed by atoms with Gasteiger partial charge in [-0.3, -0.25) is 0 Å². The summed E-state index contributed by atoms with van der Waals surface area (Å²) >= 11 is 1.77. The molecule has 0 spiro atoms. The molecule has 0 radical (unpaired) electrons. The zero-order valence-corrected chi connectivity index (χ0v) is 16.1. The molecule has 2 aromatic heterocycles. The normalized spacial score (nSPS) is 15.5. The van der Waals surface area contributed by atoms with Crippen molar-refractivity contribution in [3.8, 4) is 0 Å². The highest BCUT2D eigenvalue weighted by molar-refractivity contribution is 7.09. The number of thiophene rings is 1. The number of rotatable bonds is 4. The average Bonchev–Trinajstić information content (AvgIpc) is 3.30. The lowest BCUT2D eigenvalue weighted by molar-refractivity contribution is 0.0600. The van der Waals surface area contributed by atoms with Crippen molar-refractivity contribution in [3.05, 3.63) is 51.5 Å². The fourth-order valence-electron chi connectivity index (χ4n) is 4.11. The molecule has 0 amide bonds. The predicted molar refractivity (Wildman–Crippen MR) is 105 cm³/mol. The summed E-state index contributed by atoms with van der Waals surface area (Å²) in [5, 5.41) is 2.11. The number of benzene rings is 1. The van der Waals surface area contributed by atoms with Crippen LogP contribution in [0.25, 0.3) is 11.0 Å². The zero-order chi connectivity index (χ0) is 18.1. The van der Waals surface area contributed by atoms with Crippen molar-refractivity contribution in [1.82, 2.24) is 9.55 Å². The molecule has 26 heavy (non-hydrogen) atoms. The second kappa shape index (κ2) is 7.23. The lowest BCUT2D eigenvalue weighted by Crippen LogP contribution is -2.15. The van der Waals surface area contributed by atoms with Crippen LogP contribution in [0.2, 0.25) is 0 Å². The molecule has 4 nitrogen and oxygen atoms in total. The van der Waals surface area contributed by atoms with Gasteiger partial charge in [-0.1, -0.05) is 25.3 Å². The zero-order valence-electron chi connectivity index (χ0n) is 15.3. The van der Waals surface area contributed by atoms with Crippen LogP contribution >= 0.6 is 11.3 Å². The van der Waals surface area contributed by atoms with Gasteiger partial charge < -0.3 is 9.30 Å². The molecular weight excluding hydrogens is 344 g/mol. The Labute approximate surface area is 157 Å². The van der Waals surface area contributed by atoms with E-state index < -0.39 is 0 Å². The highest BCUT2D eigenvalue weighted by Crippen LogP contribution is 2.35. The molecule has 1 fully saturated rings. The van der Waals surface area contributed by atoms with Crippen LogP contribution in [0.3, 0.4) is 0 Å². The van der Waals surface area contributed by atoms with Crippen molar-refractivity contribution in [2.75, 3.05) is 7.11 Å². The van der Waals surface area contributed by atoms with E-state index in [1.165, 1.54) is 44.1 Å².